The van der Waals surface area contributed by atoms with Crippen LogP contribution in [-0.2, 0) is 14.8 Å². The van der Waals surface area contributed by atoms with Gasteiger partial charge in [0.05, 0.1) is 4.90 Å². The molecule has 3 aromatic rings. The van der Waals surface area contributed by atoms with Gasteiger partial charge in [-0.15, -0.1) is 5.10 Å². The van der Waals surface area contributed by atoms with Crippen molar-refractivity contribution in [1.82, 2.24) is 19.6 Å². The number of nitrogens with one attached hydrogen (secondary N) is 1. The second-order valence-corrected chi connectivity index (χ2v) is 7.22. The zero-order chi connectivity index (χ0) is 19.6. The van der Waals surface area contributed by atoms with E-state index in [0.29, 0.717) is 11.5 Å². The van der Waals surface area contributed by atoms with Crippen molar-refractivity contribution in [2.45, 2.75) is 17.9 Å². The van der Waals surface area contributed by atoms with Gasteiger partial charge in [0, 0.05) is 24.1 Å². The molecule has 0 fully saturated rings. The predicted molar refractivity (Wildman–Crippen MR) is 96.8 cm³/mol. The lowest BCUT2D eigenvalue weighted by Gasteiger charge is -2.15. The summed E-state index contributed by atoms with van der Waals surface area (Å²) < 4.78 is 25.0. The molecule has 0 bridgehead atoms. The summed E-state index contributed by atoms with van der Waals surface area (Å²) in [5, 5.41) is 15.8. The summed E-state index contributed by atoms with van der Waals surface area (Å²) in [5.41, 5.74) is -0.0892. The first-order valence-electron chi connectivity index (χ1n) is 7.79. The van der Waals surface area contributed by atoms with Gasteiger partial charge in [0.25, 0.3) is 5.56 Å². The first kappa shape index (κ1) is 18.5. The van der Waals surface area contributed by atoms with Crippen LogP contribution in [0.2, 0.25) is 0 Å². The lowest BCUT2D eigenvalue weighted by atomic mass is 10.2. The van der Waals surface area contributed by atoms with Crippen molar-refractivity contribution in [2.75, 3.05) is 5.32 Å². The molecule has 140 valence electrons. The van der Waals surface area contributed by atoms with Gasteiger partial charge in [-0.25, -0.2) is 22.9 Å². The standard InChI is InChI=1S/C16H16N6O4S/c1-11(16(24)19-12-3-5-13(6-4-12)27(17,25)26)22-15(23)8-7-14(20-22)21-10-2-9-18-21/h2-11H,1H3,(H,19,24)(H2,17,25,26). The number of rotatable bonds is 5. The average Bonchev–Trinajstić information content (AvgIpc) is 3.16. The molecule has 0 saturated carbocycles. The SMILES string of the molecule is CC(C(=O)Nc1ccc(S(N)(=O)=O)cc1)n1nc(-n2cccn2)ccc1=O. The molecule has 11 heteroatoms. The number of nitrogens with zero attached hydrogens (tertiary/aromatic N) is 4. The summed E-state index contributed by atoms with van der Waals surface area (Å²) in [6.07, 6.45) is 3.23. The number of hydrogen-bond donors (Lipinski definition) is 2. The van der Waals surface area contributed by atoms with E-state index >= 15 is 0 Å². The quantitative estimate of drug-likeness (QED) is 0.643. The molecule has 0 aliphatic rings. The van der Waals surface area contributed by atoms with Crippen LogP contribution in [0, 0.1) is 0 Å². The maximum Gasteiger partial charge on any atom is 0.267 e. The van der Waals surface area contributed by atoms with Gasteiger partial charge in [-0.05, 0) is 43.3 Å². The van der Waals surface area contributed by atoms with Gasteiger partial charge in [-0.3, -0.25) is 9.59 Å². The molecule has 3 rings (SSSR count). The molecule has 1 atom stereocenters. The van der Waals surface area contributed by atoms with E-state index in [0.717, 1.165) is 4.68 Å². The van der Waals surface area contributed by atoms with Gasteiger partial charge in [-0.1, -0.05) is 0 Å². The smallest absolute Gasteiger partial charge is 0.267 e. The Morgan fingerprint density at radius 1 is 1.19 bits per heavy atom. The van der Waals surface area contributed by atoms with Crippen LogP contribution in [0.4, 0.5) is 5.69 Å². The summed E-state index contributed by atoms with van der Waals surface area (Å²) >= 11 is 0. The predicted octanol–water partition coefficient (Wildman–Crippen LogP) is 0.276. The van der Waals surface area contributed by atoms with Crippen molar-refractivity contribution in [3.63, 3.8) is 0 Å². The first-order chi connectivity index (χ1) is 12.8. The Bertz CT molecular complexity index is 1120. The zero-order valence-corrected chi connectivity index (χ0v) is 15.0. The Labute approximate surface area is 154 Å². The van der Waals surface area contributed by atoms with E-state index in [1.165, 1.54) is 48.0 Å². The fourth-order valence-electron chi connectivity index (χ4n) is 2.30. The van der Waals surface area contributed by atoms with E-state index in [1.54, 1.807) is 18.5 Å². The molecule has 1 unspecified atom stereocenters. The molecule has 2 heterocycles. The third-order valence-corrected chi connectivity index (χ3v) is 4.68. The molecule has 0 saturated heterocycles. The van der Waals surface area contributed by atoms with Crippen LogP contribution in [0.25, 0.3) is 5.82 Å². The summed E-state index contributed by atoms with van der Waals surface area (Å²) in [4.78, 5) is 24.5. The molecule has 2 aromatic heterocycles. The van der Waals surface area contributed by atoms with Gasteiger partial charge >= 0.3 is 0 Å². The molecule has 1 aromatic carbocycles. The van der Waals surface area contributed by atoms with E-state index < -0.39 is 27.5 Å². The molecule has 0 spiro atoms. The highest BCUT2D eigenvalue weighted by Gasteiger charge is 2.18. The molecule has 10 nitrogen and oxygen atoms in total. The zero-order valence-electron chi connectivity index (χ0n) is 14.2. The molecular weight excluding hydrogens is 372 g/mol. The number of hydrogen-bond acceptors (Lipinski definition) is 6. The highest BCUT2D eigenvalue weighted by atomic mass is 32.2. The first-order valence-corrected chi connectivity index (χ1v) is 9.34. The fraction of sp³-hybridized carbons (Fsp3) is 0.125. The minimum atomic E-state index is -3.82. The molecule has 0 radical (unpaired) electrons. The van der Waals surface area contributed by atoms with Crippen molar-refractivity contribution in [2.24, 2.45) is 5.14 Å². The number of nitrogens with two attached hydrogens (primary N) is 1. The number of aromatic nitrogens is 4. The lowest BCUT2D eigenvalue weighted by Crippen LogP contribution is -2.33. The number of carbonyl (C=O) groups is 1. The Hall–Kier alpha value is -3.31. The Kier molecular flexibility index (Phi) is 4.88. The van der Waals surface area contributed by atoms with E-state index in [9.17, 15) is 18.0 Å². The Morgan fingerprint density at radius 2 is 1.89 bits per heavy atom. The van der Waals surface area contributed by atoms with Crippen LogP contribution in [-0.4, -0.2) is 33.9 Å². The number of carbonyl (C=O) groups excluding carboxylic acids is 1. The average molecular weight is 388 g/mol. The molecule has 0 aliphatic carbocycles. The van der Waals surface area contributed by atoms with Gasteiger partial charge in [0.2, 0.25) is 15.9 Å². The highest BCUT2D eigenvalue weighted by molar-refractivity contribution is 7.89. The number of sulfonamides is 1. The Morgan fingerprint density at radius 3 is 2.48 bits per heavy atom. The lowest BCUT2D eigenvalue weighted by molar-refractivity contribution is -0.119. The minimum Gasteiger partial charge on any atom is -0.324 e. The molecule has 3 N–H and O–H groups in total. The van der Waals surface area contributed by atoms with Gasteiger partial charge in [0.15, 0.2) is 5.82 Å². The van der Waals surface area contributed by atoms with Crippen molar-refractivity contribution >= 4 is 21.6 Å². The maximum absolute atomic E-state index is 12.5. The van der Waals surface area contributed by atoms with Crippen molar-refractivity contribution in [1.29, 1.82) is 0 Å². The van der Waals surface area contributed by atoms with Crippen LogP contribution in [0.5, 0.6) is 0 Å². The Balaban J connectivity index is 1.81. The summed E-state index contributed by atoms with van der Waals surface area (Å²) in [5.74, 6) is -0.109. The highest BCUT2D eigenvalue weighted by Crippen LogP contribution is 2.14. The normalized spacial score (nSPS) is 12.5. The largest absolute Gasteiger partial charge is 0.324 e. The van der Waals surface area contributed by atoms with Crippen molar-refractivity contribution in [3.05, 3.63) is 65.2 Å². The van der Waals surface area contributed by atoms with E-state index in [1.807, 2.05) is 0 Å². The number of amides is 1. The van der Waals surface area contributed by atoms with E-state index in [-0.39, 0.29) is 4.90 Å². The molecule has 27 heavy (non-hydrogen) atoms. The summed E-state index contributed by atoms with van der Waals surface area (Å²) in [6, 6.07) is 8.96. The minimum absolute atomic E-state index is 0.0710. The van der Waals surface area contributed by atoms with Crippen LogP contribution in [0.3, 0.4) is 0 Å². The summed E-state index contributed by atoms with van der Waals surface area (Å²) in [7, 11) is -3.82. The monoisotopic (exact) mass is 388 g/mol. The second kappa shape index (κ2) is 7.13. The number of benzene rings is 1. The van der Waals surface area contributed by atoms with Crippen molar-refractivity contribution < 1.29 is 13.2 Å². The van der Waals surface area contributed by atoms with Gasteiger partial charge in [-0.2, -0.15) is 5.10 Å². The van der Waals surface area contributed by atoms with Crippen LogP contribution >= 0.6 is 0 Å². The van der Waals surface area contributed by atoms with Crippen LogP contribution < -0.4 is 16.0 Å². The molecule has 0 aliphatic heterocycles. The fourth-order valence-corrected chi connectivity index (χ4v) is 2.82. The van der Waals surface area contributed by atoms with E-state index in [2.05, 4.69) is 15.5 Å². The molecule has 1 amide bonds. The third kappa shape index (κ3) is 4.10. The third-order valence-electron chi connectivity index (χ3n) is 3.75. The van der Waals surface area contributed by atoms with Crippen molar-refractivity contribution in [3.8, 4) is 5.82 Å². The van der Waals surface area contributed by atoms with Gasteiger partial charge < -0.3 is 5.32 Å². The molecular formula is C16H16N6O4S. The number of anilines is 1. The summed E-state index contributed by atoms with van der Waals surface area (Å²) in [6.45, 7) is 1.52. The second-order valence-electron chi connectivity index (χ2n) is 5.66. The maximum atomic E-state index is 12.5. The number of primary sulfonamides is 1. The topological polar surface area (TPSA) is 142 Å². The van der Waals surface area contributed by atoms with Gasteiger partial charge in [0.1, 0.15) is 6.04 Å². The van der Waals surface area contributed by atoms with Crippen LogP contribution in [0.15, 0.2) is 64.5 Å². The van der Waals surface area contributed by atoms with E-state index in [4.69, 9.17) is 5.14 Å². The van der Waals surface area contributed by atoms with Crippen LogP contribution in [0.1, 0.15) is 13.0 Å².